The highest BCUT2D eigenvalue weighted by Gasteiger charge is 2.42. The number of rotatable bonds is 2. The lowest BCUT2D eigenvalue weighted by atomic mass is 9.76. The molecule has 0 radical (unpaired) electrons. The minimum absolute atomic E-state index is 0.0743. The second-order valence-electron chi connectivity index (χ2n) is 6.28. The van der Waals surface area contributed by atoms with E-state index in [-0.39, 0.29) is 40.0 Å². The average Bonchev–Trinajstić information content (AvgIpc) is 3.04. The number of nitrogens with one attached hydrogen (secondary N) is 1. The zero-order chi connectivity index (χ0) is 17.7. The molecule has 1 heterocycles. The summed E-state index contributed by atoms with van der Waals surface area (Å²) in [7, 11) is 0. The Hall–Kier alpha value is -2.24. The van der Waals surface area contributed by atoms with Gasteiger partial charge in [0.2, 0.25) is 0 Å². The monoisotopic (exact) mass is 375 g/mol. The Morgan fingerprint density at radius 1 is 1.20 bits per heavy atom. The summed E-state index contributed by atoms with van der Waals surface area (Å²) in [6.45, 7) is 0. The van der Waals surface area contributed by atoms with Gasteiger partial charge in [-0.2, -0.15) is 0 Å². The van der Waals surface area contributed by atoms with Gasteiger partial charge in [-0.1, -0.05) is 53.2 Å². The normalized spacial score (nSPS) is 23.7. The van der Waals surface area contributed by atoms with Crippen LogP contribution in [0.4, 0.5) is 11.4 Å². The first-order valence-corrected chi connectivity index (χ1v) is 8.59. The van der Waals surface area contributed by atoms with Crippen molar-refractivity contribution in [3.63, 3.8) is 0 Å². The maximum atomic E-state index is 12.5. The van der Waals surface area contributed by atoms with Crippen LogP contribution in [-0.2, 0) is 0 Å². The van der Waals surface area contributed by atoms with Gasteiger partial charge in [-0.15, -0.1) is 0 Å². The molecular weight excluding hydrogens is 363 g/mol. The molecule has 2 aromatic carbocycles. The van der Waals surface area contributed by atoms with Gasteiger partial charge in [0.25, 0.3) is 5.69 Å². The van der Waals surface area contributed by atoms with Gasteiger partial charge in [-0.3, -0.25) is 10.1 Å². The van der Waals surface area contributed by atoms with Gasteiger partial charge >= 0.3 is 0 Å². The summed E-state index contributed by atoms with van der Waals surface area (Å²) in [4.78, 5) is 11.0. The molecule has 0 bridgehead atoms. The predicted octanol–water partition coefficient (Wildman–Crippen LogP) is 4.80. The first kappa shape index (κ1) is 16.2. The first-order valence-electron chi connectivity index (χ1n) is 7.84. The van der Waals surface area contributed by atoms with E-state index >= 15 is 0 Å². The highest BCUT2D eigenvalue weighted by atomic mass is 35.5. The number of hydrogen-bond donors (Lipinski definition) is 1. The summed E-state index contributed by atoms with van der Waals surface area (Å²) in [5.41, 5.74) is 1.47. The Balaban J connectivity index is 1.89. The Bertz CT molecular complexity index is 896. The van der Waals surface area contributed by atoms with Gasteiger partial charge in [-0.25, -0.2) is 0 Å². The standard InChI is InChI=1S/C18H14Cl2N2O3/c19-10-6-4-9(5-7-10)16-12-3-1-2-11(12)15-17(21-16)14(23)8-13(20)18(15)22(24)25/h1-2,4-8,11-12,16,21,23H,3H2/p-1/t11-,12-,16+/m0/s1. The molecule has 1 aliphatic heterocycles. The van der Waals surface area contributed by atoms with Crippen molar-refractivity contribution in [3.8, 4) is 5.75 Å². The second-order valence-corrected chi connectivity index (χ2v) is 7.12. The van der Waals surface area contributed by atoms with Crippen molar-refractivity contribution in [3.05, 3.63) is 73.8 Å². The molecule has 7 heteroatoms. The number of halogens is 2. The SMILES string of the molecule is O=[N+]([O-])c1c(Cl)cc([O-])c2c1[C@H]1C=CC[C@@H]1[C@@H](c1ccc(Cl)cc1)N2. The molecule has 0 aromatic heterocycles. The number of fused-ring (bicyclic) bond motifs is 3. The van der Waals surface area contributed by atoms with Crippen molar-refractivity contribution in [1.82, 2.24) is 0 Å². The Kier molecular flexibility index (Phi) is 3.85. The van der Waals surface area contributed by atoms with E-state index in [4.69, 9.17) is 23.2 Å². The van der Waals surface area contributed by atoms with Gasteiger partial charge < -0.3 is 10.4 Å². The number of nitro benzene ring substituents is 1. The van der Waals surface area contributed by atoms with Gasteiger partial charge in [0.05, 0.1) is 16.5 Å². The zero-order valence-corrected chi connectivity index (χ0v) is 14.4. The van der Waals surface area contributed by atoms with Crippen molar-refractivity contribution < 1.29 is 10.0 Å². The van der Waals surface area contributed by atoms with E-state index < -0.39 is 4.92 Å². The molecule has 5 nitrogen and oxygen atoms in total. The number of nitrogens with zero attached hydrogens (tertiary/aromatic N) is 1. The van der Waals surface area contributed by atoms with Crippen LogP contribution in [0, 0.1) is 16.0 Å². The summed E-state index contributed by atoms with van der Waals surface area (Å²) in [5, 5.41) is 27.8. The van der Waals surface area contributed by atoms with Crippen LogP contribution in [0.2, 0.25) is 10.0 Å². The van der Waals surface area contributed by atoms with Crippen LogP contribution >= 0.6 is 23.2 Å². The van der Waals surface area contributed by atoms with Crippen LogP contribution in [0.1, 0.15) is 29.5 Å². The Labute approximate surface area is 154 Å². The molecule has 1 aliphatic carbocycles. The third kappa shape index (κ3) is 2.55. The third-order valence-electron chi connectivity index (χ3n) is 4.94. The third-order valence-corrected chi connectivity index (χ3v) is 5.48. The van der Waals surface area contributed by atoms with Gasteiger partial charge in [-0.05, 0) is 36.1 Å². The second kappa shape index (κ2) is 5.93. The van der Waals surface area contributed by atoms with Crippen LogP contribution in [-0.4, -0.2) is 4.92 Å². The van der Waals surface area contributed by atoms with E-state index in [0.29, 0.717) is 10.6 Å². The number of anilines is 1. The van der Waals surface area contributed by atoms with E-state index in [1.807, 2.05) is 24.3 Å². The van der Waals surface area contributed by atoms with Crippen LogP contribution in [0.25, 0.3) is 0 Å². The quantitative estimate of drug-likeness (QED) is 0.464. The van der Waals surface area contributed by atoms with Crippen molar-refractivity contribution in [2.75, 3.05) is 5.32 Å². The maximum absolute atomic E-state index is 12.5. The molecule has 0 unspecified atom stereocenters. The lowest BCUT2D eigenvalue weighted by Gasteiger charge is -2.39. The zero-order valence-electron chi connectivity index (χ0n) is 12.9. The molecular formula is C18H13Cl2N2O3-. The minimum Gasteiger partial charge on any atom is -0.871 e. The number of allylic oxidation sites excluding steroid dienone is 2. The highest BCUT2D eigenvalue weighted by Crippen LogP contribution is 2.55. The maximum Gasteiger partial charge on any atom is 0.293 e. The molecule has 25 heavy (non-hydrogen) atoms. The molecule has 0 fully saturated rings. The fourth-order valence-corrected chi connectivity index (χ4v) is 4.28. The smallest absolute Gasteiger partial charge is 0.293 e. The molecule has 2 aliphatic rings. The summed E-state index contributed by atoms with van der Waals surface area (Å²) in [5.74, 6) is -0.475. The van der Waals surface area contributed by atoms with Crippen LogP contribution < -0.4 is 10.4 Å². The molecule has 0 saturated heterocycles. The van der Waals surface area contributed by atoms with E-state index in [9.17, 15) is 15.2 Å². The van der Waals surface area contributed by atoms with Gasteiger partial charge in [0.1, 0.15) is 5.02 Å². The first-order chi connectivity index (χ1) is 12.0. The van der Waals surface area contributed by atoms with Crippen molar-refractivity contribution >= 4 is 34.6 Å². The number of benzene rings is 2. The highest BCUT2D eigenvalue weighted by molar-refractivity contribution is 6.33. The summed E-state index contributed by atoms with van der Waals surface area (Å²) in [6.07, 6.45) is 4.71. The van der Waals surface area contributed by atoms with E-state index in [1.54, 1.807) is 12.1 Å². The fourth-order valence-electron chi connectivity index (χ4n) is 3.88. The lowest BCUT2D eigenvalue weighted by molar-refractivity contribution is -0.385. The summed E-state index contributed by atoms with van der Waals surface area (Å²) >= 11 is 12.0. The average molecular weight is 376 g/mol. The minimum atomic E-state index is -0.506. The predicted molar refractivity (Wildman–Crippen MR) is 95.4 cm³/mol. The summed E-state index contributed by atoms with van der Waals surface area (Å²) in [6, 6.07) is 8.41. The Morgan fingerprint density at radius 2 is 1.92 bits per heavy atom. The van der Waals surface area contributed by atoms with Gasteiger partial charge in [0, 0.05) is 16.6 Å². The largest absolute Gasteiger partial charge is 0.871 e. The van der Waals surface area contributed by atoms with Gasteiger partial charge in [0.15, 0.2) is 0 Å². The molecule has 3 atom stereocenters. The van der Waals surface area contributed by atoms with E-state index in [0.717, 1.165) is 18.1 Å². The molecule has 128 valence electrons. The molecule has 4 rings (SSSR count). The van der Waals surface area contributed by atoms with Crippen LogP contribution in [0.15, 0.2) is 42.5 Å². The van der Waals surface area contributed by atoms with Crippen molar-refractivity contribution in [2.24, 2.45) is 5.92 Å². The lowest BCUT2D eigenvalue weighted by Crippen LogP contribution is -2.30. The molecule has 0 amide bonds. The van der Waals surface area contributed by atoms with Crippen LogP contribution in [0.3, 0.4) is 0 Å². The van der Waals surface area contributed by atoms with E-state index in [2.05, 4.69) is 5.32 Å². The van der Waals surface area contributed by atoms with E-state index in [1.165, 1.54) is 0 Å². The van der Waals surface area contributed by atoms with Crippen LogP contribution in [0.5, 0.6) is 5.75 Å². The molecule has 0 spiro atoms. The molecule has 1 N–H and O–H groups in total. The summed E-state index contributed by atoms with van der Waals surface area (Å²) < 4.78 is 0. The molecule has 2 aromatic rings. The topological polar surface area (TPSA) is 78.2 Å². The number of hydrogen-bond acceptors (Lipinski definition) is 4. The van der Waals surface area contributed by atoms with Crippen molar-refractivity contribution in [2.45, 2.75) is 18.4 Å². The molecule has 0 saturated carbocycles. The Morgan fingerprint density at radius 3 is 2.60 bits per heavy atom. The van der Waals surface area contributed by atoms with Crippen molar-refractivity contribution in [1.29, 1.82) is 0 Å². The number of nitro groups is 1. The fraction of sp³-hybridized carbons (Fsp3) is 0.222.